The van der Waals surface area contributed by atoms with Gasteiger partial charge in [-0.3, -0.25) is 0 Å². The summed E-state index contributed by atoms with van der Waals surface area (Å²) >= 11 is 5.18. The van der Waals surface area contributed by atoms with Crippen LogP contribution in [0, 0.1) is 5.92 Å². The summed E-state index contributed by atoms with van der Waals surface area (Å²) in [5, 5.41) is 0. The Kier molecular flexibility index (Phi) is 4.24. The Labute approximate surface area is 122 Å². The van der Waals surface area contributed by atoms with E-state index in [-0.39, 0.29) is 6.61 Å². The predicted molar refractivity (Wildman–Crippen MR) is 79.4 cm³/mol. The molecule has 1 aliphatic heterocycles. The zero-order chi connectivity index (χ0) is 14.7. The lowest BCUT2D eigenvalue weighted by Gasteiger charge is -2.21. The lowest BCUT2D eigenvalue weighted by Crippen LogP contribution is -2.34. The molecule has 0 spiro atoms. The van der Waals surface area contributed by atoms with Gasteiger partial charge in [-0.05, 0) is 19.1 Å². The van der Waals surface area contributed by atoms with E-state index in [4.69, 9.17) is 27.1 Å². The topological polar surface area (TPSA) is 75.6 Å². The van der Waals surface area contributed by atoms with E-state index in [2.05, 4.69) is 4.99 Å². The van der Waals surface area contributed by atoms with Gasteiger partial charge < -0.3 is 14.9 Å². The summed E-state index contributed by atoms with van der Waals surface area (Å²) in [6.45, 7) is 3.71. The molecule has 0 bridgehead atoms. The molecule has 0 aliphatic carbocycles. The van der Waals surface area contributed by atoms with E-state index in [0.29, 0.717) is 28.0 Å². The van der Waals surface area contributed by atoms with E-state index in [1.165, 1.54) is 6.26 Å². The van der Waals surface area contributed by atoms with E-state index >= 15 is 0 Å². The number of aliphatic imine (C=N–C) groups is 1. The zero-order valence-corrected chi connectivity index (χ0v) is 12.0. The molecule has 1 aromatic heterocycles. The van der Waals surface area contributed by atoms with Gasteiger partial charge in [-0.25, -0.2) is 0 Å². The molecule has 1 unspecified atom stereocenters. The van der Waals surface area contributed by atoms with Crippen molar-refractivity contribution in [2.24, 2.45) is 4.99 Å². The highest BCUT2D eigenvalue weighted by molar-refractivity contribution is 7.80. The van der Waals surface area contributed by atoms with Gasteiger partial charge in [0.25, 0.3) is 5.92 Å². The molecule has 0 saturated carbocycles. The molecule has 1 aromatic rings. The first-order valence-corrected chi connectivity index (χ1v) is 6.55. The minimum Gasteiger partial charge on any atom is -0.705 e. The van der Waals surface area contributed by atoms with E-state index in [1.807, 2.05) is 0 Å². The van der Waals surface area contributed by atoms with Gasteiger partial charge in [0.1, 0.15) is 4.99 Å². The van der Waals surface area contributed by atoms with Crippen LogP contribution in [0.4, 0.5) is 0 Å². The van der Waals surface area contributed by atoms with Crippen LogP contribution in [-0.2, 0) is 9.53 Å². The fourth-order valence-corrected chi connectivity index (χ4v) is 2.45. The molecule has 20 heavy (non-hydrogen) atoms. The molecule has 104 valence electrons. The molecule has 0 amide bonds. The van der Waals surface area contributed by atoms with Crippen LogP contribution in [0.15, 0.2) is 39.6 Å². The van der Waals surface area contributed by atoms with Gasteiger partial charge in [0, 0.05) is 12.5 Å². The maximum absolute atomic E-state index is 12.2. The van der Waals surface area contributed by atoms with Gasteiger partial charge in [0.2, 0.25) is 11.6 Å². The highest BCUT2D eigenvalue weighted by atomic mass is 32.1. The Morgan fingerprint density at radius 3 is 3.00 bits per heavy atom. The second-order valence-electron chi connectivity index (χ2n) is 4.18. The number of hydrogen-bond acceptors (Lipinski definition) is 4. The van der Waals surface area contributed by atoms with Gasteiger partial charge in [-0.1, -0.05) is 12.2 Å². The number of carbonyl (C=O) groups excluding carboxylic acids is 1. The average Bonchev–Trinajstić information content (AvgIpc) is 2.91. The Hall–Kier alpha value is -2.08. The van der Waals surface area contributed by atoms with Crippen LogP contribution in [0.3, 0.4) is 0 Å². The van der Waals surface area contributed by atoms with Crippen molar-refractivity contribution in [3.8, 4) is 0 Å². The monoisotopic (exact) mass is 290 g/mol. The van der Waals surface area contributed by atoms with Crippen molar-refractivity contribution >= 4 is 28.9 Å². The molecule has 2 rings (SSSR count). The van der Waals surface area contributed by atoms with Crippen LogP contribution in [0.5, 0.6) is 0 Å². The summed E-state index contributed by atoms with van der Waals surface area (Å²) in [6, 6.07) is 3.47. The number of carbonyl (C=O) groups is 1. The largest absolute Gasteiger partial charge is 0.705 e. The van der Waals surface area contributed by atoms with E-state index in [9.17, 15) is 4.79 Å². The molecule has 1 N–H and O–H groups in total. The summed E-state index contributed by atoms with van der Waals surface area (Å²) in [5.41, 5.74) is 8.50. The first-order chi connectivity index (χ1) is 9.60. The maximum atomic E-state index is 12.2. The lowest BCUT2D eigenvalue weighted by molar-refractivity contribution is -0.140. The Morgan fingerprint density at radius 2 is 2.45 bits per heavy atom. The lowest BCUT2D eigenvalue weighted by atomic mass is 9.79. The number of nitrogens with zero attached hydrogens (tertiary/aromatic N) is 1. The molecule has 1 atom stereocenters. The third kappa shape index (κ3) is 2.46. The minimum atomic E-state index is -0.536. The number of esters is 1. The Balaban J connectivity index is 2.52. The SMILES string of the molecule is CCOC(=O)[C+]1C(C)=NC(=S)C(=C[NH-])C1c1ccco1. The van der Waals surface area contributed by atoms with Crippen molar-refractivity contribution < 1.29 is 13.9 Å². The highest BCUT2D eigenvalue weighted by Gasteiger charge is 2.53. The molecule has 1 aliphatic rings. The number of furan rings is 1. The zero-order valence-electron chi connectivity index (χ0n) is 11.2. The molecule has 0 radical (unpaired) electrons. The van der Waals surface area contributed by atoms with Crippen molar-refractivity contribution in [3.05, 3.63) is 47.6 Å². The molecule has 0 saturated heterocycles. The number of thiocarbonyl (C=S) groups is 1. The predicted octanol–water partition coefficient (Wildman–Crippen LogP) is 3.24. The second-order valence-corrected chi connectivity index (χ2v) is 4.57. The van der Waals surface area contributed by atoms with Crippen LogP contribution < -0.4 is 0 Å². The third-order valence-electron chi connectivity index (χ3n) is 2.98. The highest BCUT2D eigenvalue weighted by Crippen LogP contribution is 2.40. The third-order valence-corrected chi connectivity index (χ3v) is 3.31. The van der Waals surface area contributed by atoms with Gasteiger partial charge >= 0.3 is 5.97 Å². The minimum absolute atomic E-state index is 0.269. The summed E-state index contributed by atoms with van der Waals surface area (Å²) < 4.78 is 10.5. The Bertz CT molecular complexity index is 575. The number of ether oxygens (including phenoxy) is 1. The van der Waals surface area contributed by atoms with Gasteiger partial charge in [0.15, 0.2) is 5.76 Å². The maximum Gasteiger partial charge on any atom is 0.507 e. The van der Waals surface area contributed by atoms with E-state index in [1.54, 1.807) is 26.0 Å². The molecular weight excluding hydrogens is 276 g/mol. The smallest absolute Gasteiger partial charge is 0.507 e. The van der Waals surface area contributed by atoms with Gasteiger partial charge in [-0.15, -0.1) is 0 Å². The number of nitrogens with one attached hydrogen (secondary N) is 1. The van der Waals surface area contributed by atoms with E-state index in [0.717, 1.165) is 6.20 Å². The first-order valence-electron chi connectivity index (χ1n) is 6.14. The summed E-state index contributed by atoms with van der Waals surface area (Å²) in [6.07, 6.45) is 2.63. The van der Waals surface area contributed by atoms with Gasteiger partial charge in [-0.2, -0.15) is 16.0 Å². The standard InChI is InChI=1S/C14H14N2O3S/c1-3-18-14(17)11-8(2)16-13(20)9(7-15)12(11)10-5-4-6-19-10/h4-7,12H,3H2,1-2H3,(H-,15,20). The fraction of sp³-hybridized carbons (Fsp3) is 0.286. The van der Waals surface area contributed by atoms with Crippen LogP contribution in [-0.4, -0.2) is 23.3 Å². The molecule has 0 fully saturated rings. The number of rotatable bonds is 3. The van der Waals surface area contributed by atoms with E-state index < -0.39 is 11.9 Å². The van der Waals surface area contributed by atoms with Gasteiger partial charge in [0.05, 0.1) is 12.9 Å². The van der Waals surface area contributed by atoms with Crippen molar-refractivity contribution in [3.63, 3.8) is 0 Å². The molecule has 0 aromatic carbocycles. The average molecular weight is 290 g/mol. The van der Waals surface area contributed by atoms with Crippen LogP contribution in [0.2, 0.25) is 0 Å². The van der Waals surface area contributed by atoms with Crippen molar-refractivity contribution in [1.82, 2.24) is 0 Å². The van der Waals surface area contributed by atoms with Crippen molar-refractivity contribution in [2.45, 2.75) is 19.8 Å². The second kappa shape index (κ2) is 5.92. The van der Waals surface area contributed by atoms with Crippen LogP contribution in [0.25, 0.3) is 5.73 Å². The summed E-state index contributed by atoms with van der Waals surface area (Å²) in [5.74, 6) is -0.0828. The number of hydrogen-bond donors (Lipinski definition) is 0. The Morgan fingerprint density at radius 1 is 1.70 bits per heavy atom. The normalized spacial score (nSPS) is 21.0. The summed E-state index contributed by atoms with van der Waals surface area (Å²) in [7, 11) is 0. The molecule has 6 heteroatoms. The van der Waals surface area contributed by atoms with Crippen LogP contribution >= 0.6 is 12.2 Å². The van der Waals surface area contributed by atoms with Crippen LogP contribution in [0.1, 0.15) is 25.5 Å². The molecular formula is C14H14N2O3S. The summed E-state index contributed by atoms with van der Waals surface area (Å²) in [4.78, 5) is 16.6. The van der Waals surface area contributed by atoms with Crippen molar-refractivity contribution in [1.29, 1.82) is 0 Å². The van der Waals surface area contributed by atoms with Crippen molar-refractivity contribution in [2.75, 3.05) is 6.61 Å². The first kappa shape index (κ1) is 14.3. The quantitative estimate of drug-likeness (QED) is 0.370. The molecule has 5 nitrogen and oxygen atoms in total. The molecule has 2 heterocycles. The fourth-order valence-electron chi connectivity index (χ4n) is 2.14.